The van der Waals surface area contributed by atoms with Crippen LogP contribution in [0, 0.1) is 0 Å². The molecule has 0 aliphatic carbocycles. The summed E-state index contributed by atoms with van der Waals surface area (Å²) < 4.78 is 1.63. The number of aromatic nitrogens is 5. The summed E-state index contributed by atoms with van der Waals surface area (Å²) in [5.41, 5.74) is 6.74. The van der Waals surface area contributed by atoms with Crippen LogP contribution in [0.3, 0.4) is 0 Å². The quantitative estimate of drug-likeness (QED) is 0.388. The van der Waals surface area contributed by atoms with Crippen LogP contribution in [0.4, 0.5) is 0 Å². The third-order valence-corrected chi connectivity index (χ3v) is 5.47. The normalized spacial score (nSPS) is 11.4. The molecule has 31 heavy (non-hydrogen) atoms. The summed E-state index contributed by atoms with van der Waals surface area (Å²) >= 11 is 0. The Bertz CT molecular complexity index is 1520. The van der Waals surface area contributed by atoms with Crippen LogP contribution in [0.2, 0.25) is 0 Å². The number of hydrogen-bond donors (Lipinski definition) is 2. The molecule has 0 saturated heterocycles. The molecule has 0 unspecified atom stereocenters. The van der Waals surface area contributed by atoms with Gasteiger partial charge < -0.3 is 9.97 Å². The molecular formula is C25H17N5O. The van der Waals surface area contributed by atoms with Gasteiger partial charge in [0.15, 0.2) is 6.29 Å². The Kier molecular flexibility index (Phi) is 3.83. The van der Waals surface area contributed by atoms with E-state index >= 15 is 0 Å². The van der Waals surface area contributed by atoms with Gasteiger partial charge in [-0.25, -0.2) is 9.67 Å². The molecule has 0 aliphatic heterocycles. The van der Waals surface area contributed by atoms with E-state index in [4.69, 9.17) is 5.10 Å². The van der Waals surface area contributed by atoms with Gasteiger partial charge in [-0.1, -0.05) is 60.7 Å². The molecule has 2 N–H and O–H groups in total. The average molecular weight is 403 g/mol. The minimum absolute atomic E-state index is 0.502. The molecule has 3 heterocycles. The number of carbonyl (C=O) groups excluding carboxylic acids is 1. The highest BCUT2D eigenvalue weighted by molar-refractivity contribution is 6.05. The first-order chi connectivity index (χ1) is 15.3. The van der Waals surface area contributed by atoms with Crippen LogP contribution in [0.15, 0.2) is 85.1 Å². The highest BCUT2D eigenvalue weighted by Crippen LogP contribution is 2.38. The third kappa shape index (κ3) is 2.77. The largest absolute Gasteiger partial charge is 0.354 e. The molecule has 0 radical (unpaired) electrons. The lowest BCUT2D eigenvalue weighted by molar-refractivity contribution is 0.112. The Balaban J connectivity index is 1.60. The molecule has 6 rings (SSSR count). The summed E-state index contributed by atoms with van der Waals surface area (Å²) in [6, 6.07) is 25.9. The highest BCUT2D eigenvalue weighted by Gasteiger charge is 2.21. The summed E-state index contributed by atoms with van der Waals surface area (Å²) in [5, 5.41) is 5.81. The molecule has 0 aliphatic rings. The van der Waals surface area contributed by atoms with Crippen molar-refractivity contribution in [2.45, 2.75) is 0 Å². The topological polar surface area (TPSA) is 79.4 Å². The van der Waals surface area contributed by atoms with Crippen LogP contribution in [0.1, 0.15) is 10.4 Å². The van der Waals surface area contributed by atoms with E-state index in [1.54, 1.807) is 10.9 Å². The third-order valence-electron chi connectivity index (χ3n) is 5.47. The van der Waals surface area contributed by atoms with Crippen LogP contribution in [-0.2, 0) is 0 Å². The van der Waals surface area contributed by atoms with Gasteiger partial charge in [-0.2, -0.15) is 5.10 Å². The van der Waals surface area contributed by atoms with Crippen molar-refractivity contribution in [2.24, 2.45) is 0 Å². The van der Waals surface area contributed by atoms with Gasteiger partial charge in [0.2, 0.25) is 5.95 Å². The predicted molar refractivity (Wildman–Crippen MR) is 121 cm³/mol. The summed E-state index contributed by atoms with van der Waals surface area (Å²) in [6.07, 6.45) is 2.56. The SMILES string of the molecule is O=Cc1cn(-c2nc3ccccc3[nH]2)nc1-c1c(-c2ccccc2)[nH]c2ccccc12. The Morgan fingerprint density at radius 2 is 1.55 bits per heavy atom. The van der Waals surface area contributed by atoms with Crippen LogP contribution < -0.4 is 0 Å². The molecule has 3 aromatic carbocycles. The number of carbonyl (C=O) groups is 1. The summed E-state index contributed by atoms with van der Waals surface area (Å²) in [7, 11) is 0. The molecule has 0 atom stereocenters. The van der Waals surface area contributed by atoms with Crippen molar-refractivity contribution in [1.29, 1.82) is 0 Å². The standard InChI is InChI=1S/C25H17N5O/c31-15-17-14-30(25-27-20-12-6-7-13-21(20)28-25)29-24(17)22-18-10-4-5-11-19(18)26-23(22)16-8-2-1-3-9-16/h1-15,26H,(H,27,28). The number of H-pyrrole nitrogens is 2. The van der Waals surface area contributed by atoms with Gasteiger partial charge in [-0.15, -0.1) is 0 Å². The lowest BCUT2D eigenvalue weighted by atomic mass is 10.0. The molecule has 148 valence electrons. The Morgan fingerprint density at radius 3 is 2.35 bits per heavy atom. The van der Waals surface area contributed by atoms with E-state index in [2.05, 4.69) is 15.0 Å². The van der Waals surface area contributed by atoms with Gasteiger partial charge in [0.25, 0.3) is 0 Å². The first-order valence-corrected chi connectivity index (χ1v) is 9.98. The van der Waals surface area contributed by atoms with Gasteiger partial charge in [0.1, 0.15) is 5.69 Å². The number of nitrogens with one attached hydrogen (secondary N) is 2. The van der Waals surface area contributed by atoms with E-state index in [0.717, 1.165) is 45.0 Å². The molecule has 3 aromatic heterocycles. The summed E-state index contributed by atoms with van der Waals surface area (Å²) in [5.74, 6) is 0.566. The fraction of sp³-hybridized carbons (Fsp3) is 0. The number of para-hydroxylation sites is 3. The number of nitrogens with zero attached hydrogens (tertiary/aromatic N) is 3. The van der Waals surface area contributed by atoms with Gasteiger partial charge in [-0.05, 0) is 23.8 Å². The zero-order valence-electron chi connectivity index (χ0n) is 16.4. The zero-order chi connectivity index (χ0) is 20.8. The second kappa shape index (κ2) is 6.81. The summed E-state index contributed by atoms with van der Waals surface area (Å²) in [6.45, 7) is 0. The van der Waals surface area contributed by atoms with Gasteiger partial charge in [0, 0.05) is 22.7 Å². The van der Waals surface area contributed by atoms with Gasteiger partial charge in [-0.3, -0.25) is 4.79 Å². The monoisotopic (exact) mass is 403 g/mol. The fourth-order valence-corrected chi connectivity index (χ4v) is 4.03. The lowest BCUT2D eigenvalue weighted by Gasteiger charge is -2.04. The van der Waals surface area contributed by atoms with E-state index in [-0.39, 0.29) is 0 Å². The second-order valence-electron chi connectivity index (χ2n) is 7.36. The molecule has 0 spiro atoms. The molecule has 0 amide bonds. The number of aromatic amines is 2. The van der Waals surface area contributed by atoms with E-state index < -0.39 is 0 Å². The molecule has 0 saturated carbocycles. The smallest absolute Gasteiger partial charge is 0.229 e. The predicted octanol–water partition coefficient (Wildman–Crippen LogP) is 5.38. The maximum absolute atomic E-state index is 12.0. The van der Waals surface area contributed by atoms with Crippen LogP contribution in [0.5, 0.6) is 0 Å². The van der Waals surface area contributed by atoms with E-state index in [1.807, 2.05) is 78.9 Å². The Labute approximate surface area is 177 Å². The fourth-order valence-electron chi connectivity index (χ4n) is 4.03. The van der Waals surface area contributed by atoms with Crippen molar-refractivity contribution < 1.29 is 4.79 Å². The molecule has 6 heteroatoms. The van der Waals surface area contributed by atoms with Crippen molar-refractivity contribution in [3.8, 4) is 28.5 Å². The second-order valence-corrected chi connectivity index (χ2v) is 7.36. The first-order valence-electron chi connectivity index (χ1n) is 9.98. The Morgan fingerprint density at radius 1 is 0.806 bits per heavy atom. The van der Waals surface area contributed by atoms with E-state index in [9.17, 15) is 4.79 Å². The number of aldehydes is 1. The van der Waals surface area contributed by atoms with Crippen LogP contribution in [-0.4, -0.2) is 31.0 Å². The van der Waals surface area contributed by atoms with Crippen molar-refractivity contribution in [2.75, 3.05) is 0 Å². The van der Waals surface area contributed by atoms with Crippen molar-refractivity contribution in [1.82, 2.24) is 24.7 Å². The average Bonchev–Trinajstić information content (AvgIpc) is 3.53. The van der Waals surface area contributed by atoms with Crippen molar-refractivity contribution in [3.63, 3.8) is 0 Å². The molecule has 0 fully saturated rings. The van der Waals surface area contributed by atoms with Crippen molar-refractivity contribution >= 4 is 28.2 Å². The number of hydrogen-bond acceptors (Lipinski definition) is 3. The van der Waals surface area contributed by atoms with Crippen LogP contribution in [0.25, 0.3) is 50.4 Å². The van der Waals surface area contributed by atoms with Gasteiger partial charge in [0.05, 0.1) is 22.3 Å². The molecular weight excluding hydrogens is 386 g/mol. The highest BCUT2D eigenvalue weighted by atomic mass is 16.1. The molecule has 6 nitrogen and oxygen atoms in total. The van der Waals surface area contributed by atoms with Crippen molar-refractivity contribution in [3.05, 3.63) is 90.6 Å². The maximum Gasteiger partial charge on any atom is 0.229 e. The minimum Gasteiger partial charge on any atom is -0.354 e. The van der Waals surface area contributed by atoms with Crippen LogP contribution >= 0.6 is 0 Å². The number of fused-ring (bicyclic) bond motifs is 2. The number of benzene rings is 3. The minimum atomic E-state index is 0.502. The zero-order valence-corrected chi connectivity index (χ0v) is 16.4. The number of imidazole rings is 1. The molecule has 0 bridgehead atoms. The summed E-state index contributed by atoms with van der Waals surface area (Å²) in [4.78, 5) is 23.4. The van der Waals surface area contributed by atoms with Gasteiger partial charge >= 0.3 is 0 Å². The molecule has 6 aromatic rings. The number of rotatable bonds is 4. The Hall–Kier alpha value is -4.45. The van der Waals surface area contributed by atoms with E-state index in [1.165, 1.54) is 0 Å². The maximum atomic E-state index is 12.0. The lowest BCUT2D eigenvalue weighted by Crippen LogP contribution is -1.97. The first kappa shape index (κ1) is 17.4. The van der Waals surface area contributed by atoms with E-state index in [0.29, 0.717) is 17.2 Å².